The molecule has 2 N–H and O–H groups in total. The molecule has 31 heavy (non-hydrogen) atoms. The fourth-order valence-electron chi connectivity index (χ4n) is 3.53. The van der Waals surface area contributed by atoms with Crippen molar-refractivity contribution in [3.05, 3.63) is 59.6 Å². The van der Waals surface area contributed by atoms with Gasteiger partial charge in [-0.05, 0) is 74.8 Å². The van der Waals surface area contributed by atoms with Crippen LogP contribution >= 0.6 is 11.8 Å². The van der Waals surface area contributed by atoms with Crippen LogP contribution in [0.25, 0.3) is 0 Å². The van der Waals surface area contributed by atoms with Gasteiger partial charge < -0.3 is 19.7 Å². The SMILES string of the molecule is CC(CC1=CC2=C(C=CC1)OCCO2)NC(=O)CCCCCSc1ccc(OO)cc1. The summed E-state index contributed by atoms with van der Waals surface area (Å²) in [5.41, 5.74) is 1.23. The highest BCUT2D eigenvalue weighted by Gasteiger charge is 2.16. The predicted octanol–water partition coefficient (Wildman–Crippen LogP) is 5.23. The van der Waals surface area contributed by atoms with Crippen molar-refractivity contribution in [3.63, 3.8) is 0 Å². The number of allylic oxidation sites excluding steroid dienone is 3. The quantitative estimate of drug-likeness (QED) is 0.210. The molecular formula is C24H31NO5S. The van der Waals surface area contributed by atoms with Gasteiger partial charge in [0.1, 0.15) is 13.2 Å². The van der Waals surface area contributed by atoms with Crippen molar-refractivity contribution >= 4 is 17.7 Å². The predicted molar refractivity (Wildman–Crippen MR) is 122 cm³/mol. The summed E-state index contributed by atoms with van der Waals surface area (Å²) in [6.07, 6.45) is 11.3. The molecule has 0 saturated carbocycles. The topological polar surface area (TPSA) is 77.0 Å². The number of thioether (sulfide) groups is 1. The fraction of sp³-hybridized carbons (Fsp3) is 0.458. The second-order valence-electron chi connectivity index (χ2n) is 7.73. The van der Waals surface area contributed by atoms with Gasteiger partial charge in [-0.25, -0.2) is 5.26 Å². The first-order valence-corrected chi connectivity index (χ1v) is 11.8. The van der Waals surface area contributed by atoms with E-state index in [1.165, 1.54) is 5.57 Å². The van der Waals surface area contributed by atoms with Gasteiger partial charge in [0.15, 0.2) is 17.3 Å². The molecule has 0 spiro atoms. The van der Waals surface area contributed by atoms with Crippen LogP contribution in [0, 0.1) is 0 Å². The van der Waals surface area contributed by atoms with Crippen molar-refractivity contribution < 1.29 is 24.4 Å². The highest BCUT2D eigenvalue weighted by Crippen LogP contribution is 2.25. The van der Waals surface area contributed by atoms with Gasteiger partial charge in [0, 0.05) is 17.4 Å². The Morgan fingerprint density at radius 1 is 1.16 bits per heavy atom. The van der Waals surface area contributed by atoms with Crippen LogP contribution in [0.2, 0.25) is 0 Å². The molecule has 168 valence electrons. The van der Waals surface area contributed by atoms with Crippen LogP contribution in [0.4, 0.5) is 0 Å². The average Bonchev–Trinajstić information content (AvgIpc) is 2.98. The van der Waals surface area contributed by atoms with Crippen molar-refractivity contribution in [2.75, 3.05) is 19.0 Å². The van der Waals surface area contributed by atoms with E-state index < -0.39 is 0 Å². The summed E-state index contributed by atoms with van der Waals surface area (Å²) in [7, 11) is 0. The number of carbonyl (C=O) groups excluding carboxylic acids is 1. The highest BCUT2D eigenvalue weighted by atomic mass is 32.2. The lowest BCUT2D eigenvalue weighted by Crippen LogP contribution is -2.32. The van der Waals surface area contributed by atoms with E-state index in [9.17, 15) is 4.79 Å². The average molecular weight is 446 g/mol. The molecule has 2 aliphatic rings. The summed E-state index contributed by atoms with van der Waals surface area (Å²) in [6.45, 7) is 3.21. The Morgan fingerprint density at radius 3 is 2.71 bits per heavy atom. The zero-order valence-corrected chi connectivity index (χ0v) is 18.8. The Bertz CT molecular complexity index is 816. The Morgan fingerprint density at radius 2 is 1.94 bits per heavy atom. The van der Waals surface area contributed by atoms with Gasteiger partial charge in [0.05, 0.1) is 0 Å². The van der Waals surface area contributed by atoms with Crippen LogP contribution in [0.3, 0.4) is 0 Å². The normalized spacial score (nSPS) is 16.4. The lowest BCUT2D eigenvalue weighted by molar-refractivity contribution is -0.137. The third-order valence-electron chi connectivity index (χ3n) is 5.05. The van der Waals surface area contributed by atoms with E-state index >= 15 is 0 Å². The number of ether oxygens (including phenoxy) is 2. The molecule has 1 aliphatic heterocycles. The number of carbonyl (C=O) groups is 1. The summed E-state index contributed by atoms with van der Waals surface area (Å²) in [5.74, 6) is 3.15. The maximum absolute atomic E-state index is 12.3. The molecule has 1 heterocycles. The lowest BCUT2D eigenvalue weighted by atomic mass is 10.0. The number of hydrogen-bond donors (Lipinski definition) is 2. The zero-order chi connectivity index (χ0) is 21.9. The van der Waals surface area contributed by atoms with Crippen molar-refractivity contribution in [2.24, 2.45) is 0 Å². The maximum Gasteiger partial charge on any atom is 0.220 e. The van der Waals surface area contributed by atoms with Crippen LogP contribution < -0.4 is 10.2 Å². The standard InChI is InChI=1S/C24H31NO5S/c1-18(16-19-6-5-7-22-23(17-19)29-14-13-28-22)25-24(26)8-3-2-4-15-31-21-11-9-20(30-27)10-12-21/h5,7,9-12,17-18,27H,2-4,6,8,13-16H2,1H3,(H,25,26). The molecule has 0 saturated heterocycles. The molecule has 1 aliphatic carbocycles. The summed E-state index contributed by atoms with van der Waals surface area (Å²) in [5, 5.41) is 11.7. The molecule has 1 amide bonds. The van der Waals surface area contributed by atoms with E-state index in [1.807, 2.05) is 25.1 Å². The van der Waals surface area contributed by atoms with Crippen LogP contribution in [-0.2, 0) is 14.3 Å². The Balaban J connectivity index is 1.29. The number of unbranched alkanes of at least 4 members (excludes halogenated alkanes) is 2. The third-order valence-corrected chi connectivity index (χ3v) is 6.15. The van der Waals surface area contributed by atoms with Crippen LogP contribution in [0.5, 0.6) is 5.75 Å². The van der Waals surface area contributed by atoms with E-state index in [1.54, 1.807) is 23.9 Å². The lowest BCUT2D eigenvalue weighted by Gasteiger charge is -2.19. The Hall–Kier alpha value is -2.38. The maximum atomic E-state index is 12.3. The fourth-order valence-corrected chi connectivity index (χ4v) is 4.45. The number of amides is 1. The van der Waals surface area contributed by atoms with Gasteiger partial charge in [0.2, 0.25) is 5.91 Å². The molecule has 0 fully saturated rings. The largest absolute Gasteiger partial charge is 0.486 e. The molecule has 1 aromatic carbocycles. The molecule has 0 aromatic heterocycles. The van der Waals surface area contributed by atoms with Gasteiger partial charge in [-0.3, -0.25) is 4.79 Å². The highest BCUT2D eigenvalue weighted by molar-refractivity contribution is 7.99. The number of benzene rings is 1. The number of rotatable bonds is 11. The van der Waals surface area contributed by atoms with Crippen molar-refractivity contribution in [2.45, 2.75) is 56.4 Å². The van der Waals surface area contributed by atoms with E-state index in [2.05, 4.69) is 22.4 Å². The molecule has 0 bridgehead atoms. The van der Waals surface area contributed by atoms with Gasteiger partial charge in [-0.2, -0.15) is 0 Å². The summed E-state index contributed by atoms with van der Waals surface area (Å²) in [6, 6.07) is 7.41. The summed E-state index contributed by atoms with van der Waals surface area (Å²) >= 11 is 1.77. The molecule has 7 heteroatoms. The monoisotopic (exact) mass is 445 g/mol. The minimum atomic E-state index is 0.0836. The number of nitrogens with one attached hydrogen (secondary N) is 1. The summed E-state index contributed by atoms with van der Waals surface area (Å²) < 4.78 is 11.3. The molecule has 3 rings (SSSR count). The first kappa shape index (κ1) is 23.3. The van der Waals surface area contributed by atoms with Crippen LogP contribution in [0.15, 0.2) is 64.5 Å². The van der Waals surface area contributed by atoms with Gasteiger partial charge in [-0.1, -0.05) is 18.1 Å². The van der Waals surface area contributed by atoms with Crippen molar-refractivity contribution in [1.29, 1.82) is 0 Å². The van der Waals surface area contributed by atoms with E-state index in [0.717, 1.165) is 54.3 Å². The molecule has 1 aromatic rings. The molecule has 0 radical (unpaired) electrons. The molecule has 1 unspecified atom stereocenters. The molecular weight excluding hydrogens is 414 g/mol. The zero-order valence-electron chi connectivity index (χ0n) is 18.0. The Kier molecular flexibility index (Phi) is 9.37. The summed E-state index contributed by atoms with van der Waals surface area (Å²) in [4.78, 5) is 17.6. The molecule has 1 atom stereocenters. The second kappa shape index (κ2) is 12.5. The van der Waals surface area contributed by atoms with E-state index in [4.69, 9.17) is 14.7 Å². The van der Waals surface area contributed by atoms with Crippen LogP contribution in [-0.4, -0.2) is 36.2 Å². The third kappa shape index (κ3) is 7.99. The van der Waals surface area contributed by atoms with Gasteiger partial charge >= 0.3 is 0 Å². The minimum absolute atomic E-state index is 0.0836. The second-order valence-corrected chi connectivity index (χ2v) is 8.90. The smallest absolute Gasteiger partial charge is 0.220 e. The van der Waals surface area contributed by atoms with Crippen LogP contribution in [0.1, 0.15) is 45.4 Å². The van der Waals surface area contributed by atoms with E-state index in [0.29, 0.717) is 25.4 Å². The minimum Gasteiger partial charge on any atom is -0.486 e. The first-order chi connectivity index (χ1) is 15.1. The van der Waals surface area contributed by atoms with Gasteiger partial charge in [0.25, 0.3) is 0 Å². The first-order valence-electron chi connectivity index (χ1n) is 10.8. The van der Waals surface area contributed by atoms with Gasteiger partial charge in [-0.15, -0.1) is 11.8 Å². The van der Waals surface area contributed by atoms with E-state index in [-0.39, 0.29) is 11.9 Å². The van der Waals surface area contributed by atoms with Crippen molar-refractivity contribution in [3.8, 4) is 5.75 Å². The molecule has 6 nitrogen and oxygen atoms in total. The number of hydrogen-bond acceptors (Lipinski definition) is 6. The van der Waals surface area contributed by atoms with Crippen molar-refractivity contribution in [1.82, 2.24) is 5.32 Å². The Labute approximate surface area is 188 Å².